The van der Waals surface area contributed by atoms with E-state index in [1.807, 2.05) is 0 Å². The number of rotatable bonds is 2. The summed E-state index contributed by atoms with van der Waals surface area (Å²) in [5, 5.41) is 0. The van der Waals surface area contributed by atoms with Crippen LogP contribution >= 0.6 is 0 Å². The second-order valence-electron chi connectivity index (χ2n) is 7.88. The van der Waals surface area contributed by atoms with Gasteiger partial charge in [0, 0.05) is 13.8 Å². The van der Waals surface area contributed by atoms with Crippen LogP contribution in [-0.2, 0) is 19.1 Å². The van der Waals surface area contributed by atoms with Crippen LogP contribution in [0.5, 0.6) is 0 Å². The highest BCUT2D eigenvalue weighted by atomic mass is 16.5. The van der Waals surface area contributed by atoms with Crippen LogP contribution in [0.25, 0.3) is 0 Å². The molecule has 0 bridgehead atoms. The fourth-order valence-corrected chi connectivity index (χ4v) is 3.87. The molecule has 0 aliphatic heterocycles. The van der Waals surface area contributed by atoms with Gasteiger partial charge in [0.25, 0.3) is 0 Å². The summed E-state index contributed by atoms with van der Waals surface area (Å²) in [6, 6.07) is 0. The third kappa shape index (κ3) is 9.86. The summed E-state index contributed by atoms with van der Waals surface area (Å²) in [4.78, 5) is 21.6. The van der Waals surface area contributed by atoms with E-state index in [0.29, 0.717) is 11.8 Å². The highest BCUT2D eigenvalue weighted by Crippen LogP contribution is 2.25. The lowest BCUT2D eigenvalue weighted by molar-refractivity contribution is -0.150. The van der Waals surface area contributed by atoms with Crippen LogP contribution in [0.1, 0.15) is 98.3 Å². The van der Waals surface area contributed by atoms with Gasteiger partial charge in [-0.1, -0.05) is 46.0 Å². The molecule has 4 heteroatoms. The molecule has 0 aromatic heterocycles. The summed E-state index contributed by atoms with van der Waals surface area (Å²) in [6.07, 6.45) is 13.8. The summed E-state index contributed by atoms with van der Waals surface area (Å²) >= 11 is 0. The zero-order chi connectivity index (χ0) is 18.7. The number of carbonyl (C=O) groups is 2. The molecular formula is C21H38O4. The molecule has 0 amide bonds. The first-order valence-corrected chi connectivity index (χ1v) is 10.2. The molecule has 2 aliphatic carbocycles. The molecule has 0 aromatic carbocycles. The van der Waals surface area contributed by atoms with E-state index < -0.39 is 0 Å². The zero-order valence-electron chi connectivity index (χ0n) is 16.7. The second-order valence-corrected chi connectivity index (χ2v) is 7.88. The van der Waals surface area contributed by atoms with Gasteiger partial charge in [0.2, 0.25) is 0 Å². The lowest BCUT2D eigenvalue weighted by Gasteiger charge is -2.25. The Hall–Kier alpha value is -1.06. The molecule has 2 aliphatic rings. The molecule has 4 unspecified atom stereocenters. The van der Waals surface area contributed by atoms with Crippen molar-refractivity contribution < 1.29 is 19.1 Å². The highest BCUT2D eigenvalue weighted by Gasteiger charge is 2.22. The molecule has 0 N–H and O–H groups in total. The van der Waals surface area contributed by atoms with E-state index in [1.54, 1.807) is 0 Å². The van der Waals surface area contributed by atoms with E-state index in [1.165, 1.54) is 71.6 Å². The summed E-state index contributed by atoms with van der Waals surface area (Å²) in [7, 11) is 0. The topological polar surface area (TPSA) is 52.6 Å². The fraction of sp³-hybridized carbons (Fsp3) is 0.905. The van der Waals surface area contributed by atoms with E-state index in [4.69, 9.17) is 9.47 Å². The molecule has 0 saturated heterocycles. The Morgan fingerprint density at radius 3 is 1.28 bits per heavy atom. The van der Waals surface area contributed by atoms with Crippen molar-refractivity contribution in [1.82, 2.24) is 0 Å². The van der Waals surface area contributed by atoms with Crippen LogP contribution < -0.4 is 0 Å². The molecule has 0 heterocycles. The van der Waals surface area contributed by atoms with E-state index >= 15 is 0 Å². The van der Waals surface area contributed by atoms with Crippen LogP contribution in [0.2, 0.25) is 0 Å². The Morgan fingerprint density at radius 2 is 0.920 bits per heavy atom. The van der Waals surface area contributed by atoms with Gasteiger partial charge in [0.1, 0.15) is 12.2 Å². The van der Waals surface area contributed by atoms with Gasteiger partial charge in [-0.3, -0.25) is 9.59 Å². The Balaban J connectivity index is 0.000000251. The van der Waals surface area contributed by atoms with E-state index in [9.17, 15) is 9.59 Å². The van der Waals surface area contributed by atoms with Crippen molar-refractivity contribution in [2.45, 2.75) is 111 Å². The quantitative estimate of drug-likeness (QED) is 0.490. The summed E-state index contributed by atoms with van der Waals surface area (Å²) in [6.45, 7) is 7.38. The van der Waals surface area contributed by atoms with Crippen molar-refractivity contribution in [1.29, 1.82) is 0 Å². The van der Waals surface area contributed by atoms with Gasteiger partial charge < -0.3 is 9.47 Å². The first-order chi connectivity index (χ1) is 11.9. The smallest absolute Gasteiger partial charge is 0.302 e. The largest absolute Gasteiger partial charge is 0.462 e. The van der Waals surface area contributed by atoms with Gasteiger partial charge in [-0.05, 0) is 50.4 Å². The van der Waals surface area contributed by atoms with Gasteiger partial charge in [0.05, 0.1) is 0 Å². The van der Waals surface area contributed by atoms with Crippen LogP contribution in [0.4, 0.5) is 0 Å². The highest BCUT2D eigenvalue weighted by molar-refractivity contribution is 5.66. The fourth-order valence-electron chi connectivity index (χ4n) is 3.87. The van der Waals surface area contributed by atoms with Crippen molar-refractivity contribution in [3.8, 4) is 0 Å². The van der Waals surface area contributed by atoms with Gasteiger partial charge in [-0.2, -0.15) is 0 Å². The maximum atomic E-state index is 10.8. The van der Waals surface area contributed by atoms with E-state index in [2.05, 4.69) is 13.8 Å². The first kappa shape index (κ1) is 22.0. The summed E-state index contributed by atoms with van der Waals surface area (Å²) < 4.78 is 10.5. The Morgan fingerprint density at radius 1 is 0.600 bits per heavy atom. The van der Waals surface area contributed by atoms with Crippen molar-refractivity contribution in [3.05, 3.63) is 0 Å². The summed E-state index contributed by atoms with van der Waals surface area (Å²) in [5.74, 6) is 0.840. The number of carbonyl (C=O) groups excluding carboxylic acids is 2. The molecule has 2 fully saturated rings. The molecule has 4 nitrogen and oxygen atoms in total. The molecule has 0 spiro atoms. The third-order valence-electron chi connectivity index (χ3n) is 5.45. The number of ether oxygens (including phenoxy) is 2. The molecule has 0 radical (unpaired) electrons. The lowest BCUT2D eigenvalue weighted by Crippen LogP contribution is -2.25. The standard InChI is InChI=1S/C11H20O2.C10H18O2/c1-9-7-5-3-4-6-8-11(9)13-10(2)12;1-8-6-4-3-5-7-10(8)12-9(2)11/h9,11H,3-8H2,1-2H3;8,10H,3-7H2,1-2H3. The Labute approximate surface area is 154 Å². The Bertz CT molecular complexity index is 393. The monoisotopic (exact) mass is 354 g/mol. The van der Waals surface area contributed by atoms with Gasteiger partial charge in [-0.15, -0.1) is 0 Å². The SMILES string of the molecule is CC(=O)OC1CCCCCC1C.CC(=O)OC1CCCCCCC1C. The summed E-state index contributed by atoms with van der Waals surface area (Å²) in [5.41, 5.74) is 0. The number of hydrogen-bond acceptors (Lipinski definition) is 4. The minimum absolute atomic E-state index is 0.127. The predicted octanol–water partition coefficient (Wildman–Crippen LogP) is 5.43. The van der Waals surface area contributed by atoms with Crippen molar-refractivity contribution in [2.24, 2.45) is 11.8 Å². The minimum atomic E-state index is -0.131. The molecule has 146 valence electrons. The molecule has 25 heavy (non-hydrogen) atoms. The minimum Gasteiger partial charge on any atom is -0.462 e. The van der Waals surface area contributed by atoms with Crippen LogP contribution in [0.3, 0.4) is 0 Å². The van der Waals surface area contributed by atoms with Crippen molar-refractivity contribution in [3.63, 3.8) is 0 Å². The lowest BCUT2D eigenvalue weighted by atomic mass is 9.90. The molecule has 4 atom stereocenters. The van der Waals surface area contributed by atoms with Gasteiger partial charge in [-0.25, -0.2) is 0 Å². The van der Waals surface area contributed by atoms with Gasteiger partial charge in [0.15, 0.2) is 0 Å². The van der Waals surface area contributed by atoms with E-state index in [0.717, 1.165) is 12.8 Å². The maximum absolute atomic E-state index is 10.8. The second kappa shape index (κ2) is 12.3. The average molecular weight is 355 g/mol. The molecular weight excluding hydrogens is 316 g/mol. The normalized spacial score (nSPS) is 30.6. The number of hydrogen-bond donors (Lipinski definition) is 0. The van der Waals surface area contributed by atoms with Crippen molar-refractivity contribution >= 4 is 11.9 Å². The first-order valence-electron chi connectivity index (χ1n) is 10.2. The molecule has 2 rings (SSSR count). The molecule has 2 saturated carbocycles. The Kier molecular flexibility index (Phi) is 10.8. The van der Waals surface area contributed by atoms with E-state index in [-0.39, 0.29) is 24.1 Å². The van der Waals surface area contributed by atoms with Crippen LogP contribution in [-0.4, -0.2) is 24.1 Å². The maximum Gasteiger partial charge on any atom is 0.302 e. The van der Waals surface area contributed by atoms with Crippen molar-refractivity contribution in [2.75, 3.05) is 0 Å². The number of esters is 2. The zero-order valence-corrected chi connectivity index (χ0v) is 16.7. The third-order valence-corrected chi connectivity index (χ3v) is 5.45. The predicted molar refractivity (Wildman–Crippen MR) is 100 cm³/mol. The molecule has 0 aromatic rings. The van der Waals surface area contributed by atoms with Crippen LogP contribution in [0, 0.1) is 11.8 Å². The van der Waals surface area contributed by atoms with Crippen LogP contribution in [0.15, 0.2) is 0 Å². The average Bonchev–Trinajstić information content (AvgIpc) is 2.72. The van der Waals surface area contributed by atoms with Gasteiger partial charge >= 0.3 is 11.9 Å².